The Labute approximate surface area is 119 Å². The highest BCUT2D eigenvalue weighted by atomic mass is 13.7. The van der Waals surface area contributed by atoms with Gasteiger partial charge in [-0.05, 0) is 27.7 Å². The average Bonchev–Trinajstić information content (AvgIpc) is 2.46. The highest BCUT2D eigenvalue weighted by Gasteiger charge is 1.66. The molecule has 0 saturated heterocycles. The van der Waals surface area contributed by atoms with Gasteiger partial charge in [-0.2, -0.15) is 0 Å². The zero-order valence-corrected chi connectivity index (χ0v) is 14.9. The van der Waals surface area contributed by atoms with E-state index in [1.807, 2.05) is 81.4 Å². The number of hydrogen-bond acceptors (Lipinski definition) is 0. The fraction of sp³-hybridized carbons (Fsp3) is 0.556. The van der Waals surface area contributed by atoms with Crippen LogP contribution in [0.3, 0.4) is 0 Å². The zero-order valence-electron chi connectivity index (χ0n) is 14.9. The van der Waals surface area contributed by atoms with E-state index in [2.05, 4.69) is 19.7 Å². The second-order valence-electron chi connectivity index (χ2n) is 2.05. The lowest BCUT2D eigenvalue weighted by Gasteiger charge is -1.78. The third-order valence-corrected chi connectivity index (χ3v) is 0.777. The van der Waals surface area contributed by atoms with Crippen molar-refractivity contribution in [1.29, 1.82) is 0 Å². The van der Waals surface area contributed by atoms with Crippen LogP contribution >= 0.6 is 0 Å². The topological polar surface area (TPSA) is 0 Å². The van der Waals surface area contributed by atoms with Gasteiger partial charge in [0.15, 0.2) is 0 Å². The van der Waals surface area contributed by atoms with Gasteiger partial charge in [0.1, 0.15) is 0 Å². The van der Waals surface area contributed by atoms with Gasteiger partial charge in [0, 0.05) is 0 Å². The van der Waals surface area contributed by atoms with Crippen LogP contribution in [0.25, 0.3) is 0 Å². The SMILES string of the molecule is C=C/C(C)=C\C.C=CC.C=CC.CC.CC.CC. The van der Waals surface area contributed by atoms with Crippen LogP contribution in [0.5, 0.6) is 0 Å². The van der Waals surface area contributed by atoms with Crippen molar-refractivity contribution in [3.63, 3.8) is 0 Å². The van der Waals surface area contributed by atoms with E-state index in [9.17, 15) is 0 Å². The fourth-order valence-corrected chi connectivity index (χ4v) is 0.118. The van der Waals surface area contributed by atoms with Gasteiger partial charge >= 0.3 is 0 Å². The van der Waals surface area contributed by atoms with Gasteiger partial charge in [0.2, 0.25) is 0 Å². The number of hydrogen-bond donors (Lipinski definition) is 0. The van der Waals surface area contributed by atoms with Crippen molar-refractivity contribution in [3.8, 4) is 0 Å². The zero-order chi connectivity index (χ0) is 16.4. The fourth-order valence-electron chi connectivity index (χ4n) is 0.118. The first-order valence-corrected chi connectivity index (χ1v) is 7.03. The van der Waals surface area contributed by atoms with Crippen molar-refractivity contribution in [2.24, 2.45) is 0 Å². The second kappa shape index (κ2) is 101. The summed E-state index contributed by atoms with van der Waals surface area (Å²) in [4.78, 5) is 0. The normalized spacial score (nSPS) is 6.22. The summed E-state index contributed by atoms with van der Waals surface area (Å²) in [5, 5.41) is 0. The minimum atomic E-state index is 1.23. The van der Waals surface area contributed by atoms with E-state index >= 15 is 0 Å². The molecule has 0 aromatic carbocycles. The summed E-state index contributed by atoms with van der Waals surface area (Å²) < 4.78 is 0. The maximum atomic E-state index is 3.56. The van der Waals surface area contributed by atoms with Gasteiger partial charge in [-0.15, -0.1) is 13.2 Å². The average molecular weight is 257 g/mol. The molecule has 18 heavy (non-hydrogen) atoms. The van der Waals surface area contributed by atoms with Crippen LogP contribution in [0.15, 0.2) is 49.6 Å². The Morgan fingerprint density at radius 3 is 0.833 bits per heavy atom. The predicted molar refractivity (Wildman–Crippen MR) is 95.4 cm³/mol. The van der Waals surface area contributed by atoms with Crippen LogP contribution in [0, 0.1) is 0 Å². The molecule has 0 heteroatoms. The van der Waals surface area contributed by atoms with Gasteiger partial charge in [-0.25, -0.2) is 0 Å². The standard InChI is InChI=1S/C6H10.2C3H6.3C2H6/c1-4-6(3)5-2;2*1-3-2;3*1-2/h4-5H,1H2,2-3H3;2*3H,1H2,2H3;3*1-2H3/b6-5-;;;;;. The van der Waals surface area contributed by atoms with Gasteiger partial charge < -0.3 is 0 Å². The summed E-state index contributed by atoms with van der Waals surface area (Å²) in [5.41, 5.74) is 1.23. The van der Waals surface area contributed by atoms with Crippen LogP contribution in [0.4, 0.5) is 0 Å². The van der Waals surface area contributed by atoms with Crippen molar-refractivity contribution in [2.45, 2.75) is 69.2 Å². The van der Waals surface area contributed by atoms with E-state index in [1.165, 1.54) is 5.57 Å². The molecule has 0 N–H and O–H groups in total. The molecule has 0 aliphatic heterocycles. The van der Waals surface area contributed by atoms with E-state index < -0.39 is 0 Å². The molecule has 0 amide bonds. The Balaban J connectivity index is -0.0000000261. The van der Waals surface area contributed by atoms with Crippen LogP contribution in [-0.2, 0) is 0 Å². The van der Waals surface area contributed by atoms with Gasteiger partial charge in [-0.3, -0.25) is 0 Å². The molecular formula is C18H40. The monoisotopic (exact) mass is 256 g/mol. The molecule has 0 radical (unpaired) electrons. The molecule has 0 rings (SSSR count). The summed E-state index contributed by atoms with van der Waals surface area (Å²) in [5.74, 6) is 0. The van der Waals surface area contributed by atoms with E-state index in [-0.39, 0.29) is 0 Å². The van der Waals surface area contributed by atoms with Gasteiger partial charge in [0.25, 0.3) is 0 Å². The molecule has 0 aromatic rings. The van der Waals surface area contributed by atoms with Crippen LogP contribution in [-0.4, -0.2) is 0 Å². The molecule has 0 heterocycles. The third-order valence-electron chi connectivity index (χ3n) is 0.777. The van der Waals surface area contributed by atoms with Crippen molar-refractivity contribution in [1.82, 2.24) is 0 Å². The summed E-state index contributed by atoms with van der Waals surface area (Å²) in [6, 6.07) is 0. The lowest BCUT2D eigenvalue weighted by Crippen LogP contribution is -1.57. The number of rotatable bonds is 1. The molecule has 0 bridgehead atoms. The molecular weight excluding hydrogens is 216 g/mol. The molecule has 0 saturated carbocycles. The Hall–Kier alpha value is -1.04. The summed E-state index contributed by atoms with van der Waals surface area (Å²) in [6.07, 6.45) is 7.35. The Morgan fingerprint density at radius 1 is 0.667 bits per heavy atom. The van der Waals surface area contributed by atoms with Gasteiger partial charge in [-0.1, -0.05) is 78.0 Å². The van der Waals surface area contributed by atoms with Crippen molar-refractivity contribution in [3.05, 3.63) is 49.6 Å². The summed E-state index contributed by atoms with van der Waals surface area (Å²) in [7, 11) is 0. The first-order chi connectivity index (χ1) is 8.64. The number of allylic oxidation sites excluding steroid dienone is 5. The maximum absolute atomic E-state index is 3.56. The molecule has 0 unspecified atom stereocenters. The summed E-state index contributed by atoms with van der Waals surface area (Å²) in [6.45, 7) is 30.1. The molecule has 0 aliphatic carbocycles. The Bertz CT molecular complexity index is 121. The van der Waals surface area contributed by atoms with Crippen molar-refractivity contribution >= 4 is 0 Å². The van der Waals surface area contributed by atoms with Crippen molar-refractivity contribution in [2.75, 3.05) is 0 Å². The van der Waals surface area contributed by atoms with E-state index in [1.54, 1.807) is 12.2 Å². The first-order valence-electron chi connectivity index (χ1n) is 7.03. The van der Waals surface area contributed by atoms with Crippen LogP contribution in [0.1, 0.15) is 69.2 Å². The maximum Gasteiger partial charge on any atom is -0.0401 e. The van der Waals surface area contributed by atoms with E-state index in [0.717, 1.165) is 0 Å². The van der Waals surface area contributed by atoms with Crippen LogP contribution in [0.2, 0.25) is 0 Å². The first kappa shape index (κ1) is 36.0. The Morgan fingerprint density at radius 2 is 0.833 bits per heavy atom. The molecule has 0 aromatic heterocycles. The minimum absolute atomic E-state index is 1.23. The van der Waals surface area contributed by atoms with Gasteiger partial charge in [0.05, 0.1) is 0 Å². The lowest BCUT2D eigenvalue weighted by molar-refractivity contribution is 1.49. The van der Waals surface area contributed by atoms with Crippen molar-refractivity contribution < 1.29 is 0 Å². The smallest absolute Gasteiger partial charge is 0.0401 e. The molecule has 0 spiro atoms. The molecule has 0 aliphatic rings. The molecule has 0 atom stereocenters. The largest absolute Gasteiger partial charge is 0.103 e. The third kappa shape index (κ3) is 333. The molecule has 0 fully saturated rings. The van der Waals surface area contributed by atoms with E-state index in [4.69, 9.17) is 0 Å². The Kier molecular flexibility index (Phi) is 201. The highest BCUT2D eigenvalue weighted by Crippen LogP contribution is 1.88. The predicted octanol–water partition coefficient (Wildman–Crippen LogP) is 7.60. The lowest BCUT2D eigenvalue weighted by atomic mass is 10.3. The van der Waals surface area contributed by atoms with E-state index in [0.29, 0.717) is 0 Å². The highest BCUT2D eigenvalue weighted by molar-refractivity contribution is 5.10. The molecule has 112 valence electrons. The van der Waals surface area contributed by atoms with Crippen LogP contribution < -0.4 is 0 Å². The summed E-state index contributed by atoms with van der Waals surface area (Å²) >= 11 is 0. The second-order valence-corrected chi connectivity index (χ2v) is 2.05. The molecule has 0 nitrogen and oxygen atoms in total. The quantitative estimate of drug-likeness (QED) is 0.334. The minimum Gasteiger partial charge on any atom is -0.103 e.